The van der Waals surface area contributed by atoms with Crippen molar-refractivity contribution in [3.8, 4) is 11.5 Å². The monoisotopic (exact) mass is 567 g/mol. The lowest BCUT2D eigenvalue weighted by atomic mass is 9.82. The summed E-state index contributed by atoms with van der Waals surface area (Å²) < 4.78 is 26.4. The van der Waals surface area contributed by atoms with Gasteiger partial charge in [0.15, 0.2) is 11.5 Å². The molecule has 40 heavy (non-hydrogen) atoms. The van der Waals surface area contributed by atoms with Gasteiger partial charge in [-0.3, -0.25) is 9.59 Å². The van der Waals surface area contributed by atoms with Crippen molar-refractivity contribution >= 4 is 24.2 Å². The molecular weight excluding hydrogens is 522 g/mol. The minimum atomic E-state index is -1.40. The number of carbonyl (C=O) groups is 4. The Hall–Kier alpha value is -3.34. The number of rotatable bonds is 10. The Bertz CT molecular complexity index is 1050. The summed E-state index contributed by atoms with van der Waals surface area (Å²) >= 11 is 0. The molecule has 11 heteroatoms. The summed E-state index contributed by atoms with van der Waals surface area (Å²) in [5.74, 6) is -3.51. The van der Waals surface area contributed by atoms with E-state index in [1.54, 1.807) is 27.7 Å². The van der Waals surface area contributed by atoms with Crippen LogP contribution in [0.4, 0.5) is 9.59 Å². The van der Waals surface area contributed by atoms with E-state index >= 15 is 0 Å². The predicted molar refractivity (Wildman–Crippen MR) is 147 cm³/mol. The van der Waals surface area contributed by atoms with E-state index in [-0.39, 0.29) is 42.1 Å². The Morgan fingerprint density at radius 3 is 1.70 bits per heavy atom. The van der Waals surface area contributed by atoms with E-state index in [4.69, 9.17) is 29.4 Å². The molecule has 11 nitrogen and oxygen atoms in total. The van der Waals surface area contributed by atoms with Crippen LogP contribution in [0, 0.1) is 22.2 Å². The number of carboxylic acids is 1. The van der Waals surface area contributed by atoms with E-state index in [1.165, 1.54) is 18.2 Å². The van der Waals surface area contributed by atoms with Crippen LogP contribution in [0.2, 0.25) is 0 Å². The number of carboxylic acid groups (broad SMARTS) is 1. The Labute approximate surface area is 236 Å². The van der Waals surface area contributed by atoms with Gasteiger partial charge in [-0.15, -0.1) is 0 Å². The summed E-state index contributed by atoms with van der Waals surface area (Å²) in [6.07, 6.45) is -2.07. The highest BCUT2D eigenvalue weighted by molar-refractivity contribution is 5.76. The molecule has 0 fully saturated rings. The second-order valence-corrected chi connectivity index (χ2v) is 13.3. The van der Waals surface area contributed by atoms with Crippen molar-refractivity contribution in [3.05, 3.63) is 23.8 Å². The maximum Gasteiger partial charge on any atom is 0.513 e. The molecule has 0 saturated heterocycles. The van der Waals surface area contributed by atoms with Crippen LogP contribution >= 0.6 is 0 Å². The fraction of sp³-hybridized carbons (Fsp3) is 0.655. The van der Waals surface area contributed by atoms with Crippen LogP contribution in [0.3, 0.4) is 0 Å². The van der Waals surface area contributed by atoms with E-state index in [1.807, 2.05) is 41.5 Å². The van der Waals surface area contributed by atoms with Gasteiger partial charge in [0.25, 0.3) is 0 Å². The largest absolute Gasteiger partial charge is 0.513 e. The van der Waals surface area contributed by atoms with Gasteiger partial charge in [0.2, 0.25) is 0 Å². The van der Waals surface area contributed by atoms with Crippen molar-refractivity contribution in [2.75, 3.05) is 19.8 Å². The van der Waals surface area contributed by atoms with E-state index < -0.39 is 47.5 Å². The van der Waals surface area contributed by atoms with Gasteiger partial charge in [-0.2, -0.15) is 0 Å². The molecule has 2 unspecified atom stereocenters. The molecule has 1 rings (SSSR count). The first-order valence-corrected chi connectivity index (χ1v) is 13.1. The minimum absolute atomic E-state index is 0.0536. The van der Waals surface area contributed by atoms with Gasteiger partial charge < -0.3 is 34.5 Å². The number of nitrogens with two attached hydrogens (primary N) is 1. The van der Waals surface area contributed by atoms with Gasteiger partial charge in [0, 0.05) is 5.92 Å². The van der Waals surface area contributed by atoms with Gasteiger partial charge in [-0.05, 0) is 55.2 Å². The first-order chi connectivity index (χ1) is 18.1. The van der Waals surface area contributed by atoms with Crippen molar-refractivity contribution in [3.63, 3.8) is 0 Å². The normalized spacial score (nSPS) is 14.4. The topological polar surface area (TPSA) is 161 Å². The molecule has 0 aliphatic carbocycles. The molecule has 0 amide bonds. The lowest BCUT2D eigenvalue weighted by molar-refractivity contribution is -0.154. The maximum absolute atomic E-state index is 12.5. The molecule has 0 bridgehead atoms. The highest BCUT2D eigenvalue weighted by atomic mass is 16.7. The Balaban J connectivity index is 3.39. The van der Waals surface area contributed by atoms with Gasteiger partial charge in [0.05, 0.1) is 25.2 Å². The van der Waals surface area contributed by atoms with Gasteiger partial charge in [0.1, 0.15) is 6.04 Å². The van der Waals surface area contributed by atoms with Crippen LogP contribution in [-0.2, 0) is 23.8 Å². The molecule has 0 aliphatic rings. The molecular formula is C29H45NO10. The first kappa shape index (κ1) is 34.7. The fourth-order valence-electron chi connectivity index (χ4n) is 3.26. The highest BCUT2D eigenvalue weighted by Gasteiger charge is 2.34. The standard InChI is InChI=1S/C29H45NO10/c1-17(14-36-24(33)29(8,9)10)21(22(30)23(31)32)18-11-12-19(39-25(34)37-15-27(2,3)4)20(13-18)40-26(35)38-16-28(5,6)7/h11-13,17,21-22H,14-16,30H2,1-10H3,(H,31,32)/t17?,21?,22-/m0/s1. The van der Waals surface area contributed by atoms with E-state index in [2.05, 4.69) is 0 Å². The highest BCUT2D eigenvalue weighted by Crippen LogP contribution is 2.36. The molecule has 0 radical (unpaired) electrons. The lowest BCUT2D eigenvalue weighted by Crippen LogP contribution is -2.41. The van der Waals surface area contributed by atoms with Crippen LogP contribution in [0.5, 0.6) is 11.5 Å². The molecule has 0 heterocycles. The zero-order valence-electron chi connectivity index (χ0n) is 25.3. The molecule has 1 aromatic carbocycles. The quantitative estimate of drug-likeness (QED) is 0.208. The zero-order valence-corrected chi connectivity index (χ0v) is 25.3. The third-order valence-corrected chi connectivity index (χ3v) is 5.36. The fourth-order valence-corrected chi connectivity index (χ4v) is 3.26. The molecule has 0 aliphatic heterocycles. The van der Waals surface area contributed by atoms with E-state index in [9.17, 15) is 24.3 Å². The zero-order chi connectivity index (χ0) is 31.1. The smallest absolute Gasteiger partial charge is 0.480 e. The Morgan fingerprint density at radius 1 is 0.800 bits per heavy atom. The van der Waals surface area contributed by atoms with Crippen LogP contribution in [0.1, 0.15) is 80.7 Å². The van der Waals surface area contributed by atoms with Gasteiger partial charge in [-0.25, -0.2) is 9.59 Å². The number of hydrogen-bond acceptors (Lipinski definition) is 10. The third-order valence-electron chi connectivity index (χ3n) is 5.36. The summed E-state index contributed by atoms with van der Waals surface area (Å²) in [4.78, 5) is 49.0. The van der Waals surface area contributed by atoms with Crippen LogP contribution in [0.25, 0.3) is 0 Å². The van der Waals surface area contributed by atoms with Crippen molar-refractivity contribution < 1.29 is 48.0 Å². The molecule has 0 aromatic heterocycles. The minimum Gasteiger partial charge on any atom is -0.480 e. The number of aliphatic carboxylic acids is 1. The van der Waals surface area contributed by atoms with Gasteiger partial charge >= 0.3 is 24.2 Å². The summed E-state index contributed by atoms with van der Waals surface area (Å²) in [5.41, 5.74) is 5.00. The predicted octanol–water partition coefficient (Wildman–Crippen LogP) is 5.53. The van der Waals surface area contributed by atoms with Crippen molar-refractivity contribution in [2.24, 2.45) is 27.9 Å². The summed E-state index contributed by atoms with van der Waals surface area (Å²) in [7, 11) is 0. The molecule has 1 aromatic rings. The van der Waals surface area contributed by atoms with Crippen molar-refractivity contribution in [2.45, 2.75) is 81.2 Å². The average molecular weight is 568 g/mol. The van der Waals surface area contributed by atoms with E-state index in [0.717, 1.165) is 0 Å². The number of ether oxygens (including phenoxy) is 5. The number of hydrogen-bond donors (Lipinski definition) is 2. The van der Waals surface area contributed by atoms with Crippen LogP contribution in [-0.4, -0.2) is 55.2 Å². The summed E-state index contributed by atoms with van der Waals surface area (Å²) in [5, 5.41) is 9.70. The Morgan fingerprint density at radius 2 is 1.27 bits per heavy atom. The van der Waals surface area contributed by atoms with Crippen LogP contribution < -0.4 is 15.2 Å². The number of benzene rings is 1. The second-order valence-electron chi connectivity index (χ2n) is 13.3. The second kappa shape index (κ2) is 13.8. The molecule has 3 N–H and O–H groups in total. The number of carbonyl (C=O) groups excluding carboxylic acids is 3. The summed E-state index contributed by atoms with van der Waals surface area (Å²) in [6, 6.07) is 2.79. The average Bonchev–Trinajstić information content (AvgIpc) is 2.80. The van der Waals surface area contributed by atoms with Gasteiger partial charge in [-0.1, -0.05) is 54.5 Å². The molecule has 3 atom stereocenters. The number of esters is 1. The first-order valence-electron chi connectivity index (χ1n) is 13.1. The molecule has 226 valence electrons. The van der Waals surface area contributed by atoms with Crippen molar-refractivity contribution in [1.82, 2.24) is 0 Å². The lowest BCUT2D eigenvalue weighted by Gasteiger charge is -2.29. The SMILES string of the molecule is CC(COC(=O)C(C)(C)C)C(c1ccc(OC(=O)OCC(C)(C)C)c(OC(=O)OCC(C)(C)C)c1)[C@H](N)C(=O)O. The molecule has 0 spiro atoms. The summed E-state index contributed by atoms with van der Waals surface area (Å²) in [6.45, 7) is 18.0. The van der Waals surface area contributed by atoms with E-state index in [0.29, 0.717) is 5.56 Å². The Kier molecular flexibility index (Phi) is 12.0. The third kappa shape index (κ3) is 12.2. The van der Waals surface area contributed by atoms with Crippen molar-refractivity contribution in [1.29, 1.82) is 0 Å². The maximum atomic E-state index is 12.5. The molecule has 0 saturated carbocycles. The van der Waals surface area contributed by atoms with Crippen LogP contribution in [0.15, 0.2) is 18.2 Å².